The third kappa shape index (κ3) is 5.61. The highest BCUT2D eigenvalue weighted by atomic mass is 35.5. The summed E-state index contributed by atoms with van der Waals surface area (Å²) in [4.78, 5) is 15.5. The van der Waals surface area contributed by atoms with Gasteiger partial charge in [0.25, 0.3) is 5.91 Å². The normalized spacial score (nSPS) is 10.2. The maximum absolute atomic E-state index is 15.1. The zero-order valence-corrected chi connectivity index (χ0v) is 18.5. The number of nitrogens with one attached hydrogen (secondary N) is 2. The van der Waals surface area contributed by atoms with Gasteiger partial charge in [-0.2, -0.15) is 5.26 Å². The van der Waals surface area contributed by atoms with E-state index in [9.17, 15) is 4.79 Å². The molecule has 10 heteroatoms. The average Bonchev–Trinajstić information content (AvgIpc) is 3.26. The molecule has 168 valence electrons. The van der Waals surface area contributed by atoms with E-state index in [4.69, 9.17) is 38.4 Å². The molecule has 0 radical (unpaired) electrons. The van der Waals surface area contributed by atoms with Gasteiger partial charge < -0.3 is 15.0 Å². The van der Waals surface area contributed by atoms with Gasteiger partial charge in [0.15, 0.2) is 11.6 Å². The smallest absolute Gasteiger partial charge is 0.267 e. The van der Waals surface area contributed by atoms with E-state index in [0.717, 1.165) is 10.9 Å². The van der Waals surface area contributed by atoms with E-state index in [0.29, 0.717) is 5.69 Å². The number of rotatable bonds is 5. The molecule has 7 nitrogen and oxygen atoms in total. The second-order valence-corrected chi connectivity index (χ2v) is 7.54. The second-order valence-electron chi connectivity index (χ2n) is 6.69. The number of nitrogens with zero attached hydrogens (tertiary/aromatic N) is 1. The number of hydrogen-bond donors (Lipinski definition) is 4. The molecule has 0 fully saturated rings. The molecule has 0 aliphatic carbocycles. The van der Waals surface area contributed by atoms with Crippen LogP contribution in [0.4, 0.5) is 4.39 Å². The van der Waals surface area contributed by atoms with Crippen LogP contribution in [0.3, 0.4) is 0 Å². The lowest BCUT2D eigenvalue weighted by Gasteiger charge is -2.13. The van der Waals surface area contributed by atoms with Crippen molar-refractivity contribution in [3.05, 3.63) is 93.3 Å². The van der Waals surface area contributed by atoms with Crippen molar-refractivity contribution >= 4 is 40.0 Å². The molecule has 4 rings (SSSR count). The Kier molecular flexibility index (Phi) is 7.87. The van der Waals surface area contributed by atoms with Crippen LogP contribution in [0.2, 0.25) is 10.0 Å². The molecule has 0 saturated carbocycles. The molecule has 33 heavy (non-hydrogen) atoms. The summed E-state index contributed by atoms with van der Waals surface area (Å²) in [5, 5.41) is 19.7. The van der Waals surface area contributed by atoms with Gasteiger partial charge >= 0.3 is 0 Å². The number of fused-ring (bicyclic) bond motifs is 1. The summed E-state index contributed by atoms with van der Waals surface area (Å²) in [5.74, 6) is 1.11. The molecule has 1 heterocycles. The molecule has 0 spiro atoms. The van der Waals surface area contributed by atoms with Gasteiger partial charge in [0.2, 0.25) is 0 Å². The van der Waals surface area contributed by atoms with Crippen molar-refractivity contribution in [2.24, 2.45) is 0 Å². The number of para-hydroxylation sites is 1. The summed E-state index contributed by atoms with van der Waals surface area (Å²) in [6.07, 6.45) is 0. The highest BCUT2D eigenvalue weighted by Gasteiger charge is 2.17. The molecule has 0 aliphatic rings. The molecule has 3 aromatic carbocycles. The van der Waals surface area contributed by atoms with Gasteiger partial charge in [-0.1, -0.05) is 47.5 Å². The number of amides is 1. The molecule has 6 N–H and O–H groups in total. The van der Waals surface area contributed by atoms with E-state index in [1.807, 2.05) is 30.3 Å². The number of aromatic amines is 1. The Hall–Kier alpha value is -3.61. The Labute approximate surface area is 198 Å². The van der Waals surface area contributed by atoms with E-state index in [1.54, 1.807) is 6.07 Å². The Morgan fingerprint density at radius 2 is 1.91 bits per heavy atom. The highest BCUT2D eigenvalue weighted by Crippen LogP contribution is 2.35. The van der Waals surface area contributed by atoms with Crippen molar-refractivity contribution in [2.75, 3.05) is 0 Å². The lowest BCUT2D eigenvalue weighted by molar-refractivity contribution is -0.670. The molecule has 0 saturated heterocycles. The third-order valence-electron chi connectivity index (χ3n) is 4.56. The fourth-order valence-corrected chi connectivity index (χ4v) is 3.48. The van der Waals surface area contributed by atoms with Crippen LogP contribution in [-0.2, 0) is 6.54 Å². The molecule has 1 aromatic heterocycles. The summed E-state index contributed by atoms with van der Waals surface area (Å²) in [6.45, 7) is -0.0768. The van der Waals surface area contributed by atoms with Gasteiger partial charge in [-0.15, -0.1) is 0 Å². The van der Waals surface area contributed by atoms with Crippen LogP contribution in [0.5, 0.6) is 11.5 Å². The first kappa shape index (κ1) is 24.0. The van der Waals surface area contributed by atoms with Crippen molar-refractivity contribution in [3.63, 3.8) is 0 Å². The first-order valence-electron chi connectivity index (χ1n) is 9.47. The number of nitriles is 1. The van der Waals surface area contributed by atoms with Gasteiger partial charge in [0, 0.05) is 28.0 Å². The predicted molar refractivity (Wildman–Crippen MR) is 122 cm³/mol. The zero-order valence-electron chi connectivity index (χ0n) is 17.0. The molecule has 0 aliphatic heterocycles. The molecule has 0 bridgehead atoms. The number of hydrogen-bond acceptors (Lipinski definition) is 4. The van der Waals surface area contributed by atoms with Crippen LogP contribution in [0.25, 0.3) is 10.9 Å². The molecule has 0 atom stereocenters. The number of halogens is 3. The van der Waals surface area contributed by atoms with E-state index in [1.165, 1.54) is 30.3 Å². The molecule has 0 unspecified atom stereocenters. The topological polar surface area (TPSA) is 126 Å². The van der Waals surface area contributed by atoms with Crippen molar-refractivity contribution in [1.29, 1.82) is 5.26 Å². The third-order valence-corrected chi connectivity index (χ3v) is 5.08. The summed E-state index contributed by atoms with van der Waals surface area (Å²) in [6, 6.07) is 18.4. The van der Waals surface area contributed by atoms with Gasteiger partial charge in [-0.05, 0) is 36.4 Å². The first-order chi connectivity index (χ1) is 15.9. The Balaban J connectivity index is 0.00000149. The predicted octanol–water partition coefficient (Wildman–Crippen LogP) is 4.83. The minimum Gasteiger partial charge on any atom is -0.453 e. The van der Waals surface area contributed by atoms with E-state index >= 15 is 4.39 Å². The van der Waals surface area contributed by atoms with Crippen molar-refractivity contribution in [1.82, 2.24) is 10.3 Å². The molecule has 1 amide bonds. The van der Waals surface area contributed by atoms with Gasteiger partial charge in [0.1, 0.15) is 11.4 Å². The minimum atomic E-state index is -0.720. The van der Waals surface area contributed by atoms with Crippen LogP contribution >= 0.6 is 23.2 Å². The summed E-state index contributed by atoms with van der Waals surface area (Å²) < 4.78 is 20.6. The monoisotopic (exact) mass is 487 g/mol. The number of carbonyl (C=O) groups excluding carboxylic acids is 1. The number of ether oxygens (including phenoxy) is 1. The van der Waals surface area contributed by atoms with Crippen molar-refractivity contribution in [3.8, 4) is 17.6 Å². The van der Waals surface area contributed by atoms with Gasteiger partial charge in [-0.3, -0.25) is 4.79 Å². The lowest BCUT2D eigenvalue weighted by Crippen LogP contribution is -2.42. The quantitative estimate of drug-likeness (QED) is 0.301. The van der Waals surface area contributed by atoms with Crippen LogP contribution in [0, 0.1) is 17.1 Å². The SMILES string of the molecule is N#Cc1cc(Cl)cc(Oc2c(Cl)ccc(CNC(=O)c3cc4ccccc4[nH]3)c2F)c1.[NH3+]O. The highest BCUT2D eigenvalue weighted by molar-refractivity contribution is 6.32. The number of H-pyrrole nitrogens is 1. The molecular weight excluding hydrogens is 470 g/mol. The van der Waals surface area contributed by atoms with Crippen LogP contribution in [-0.4, -0.2) is 16.1 Å². The van der Waals surface area contributed by atoms with Crippen LogP contribution in [0.1, 0.15) is 21.6 Å². The summed E-state index contributed by atoms with van der Waals surface area (Å²) >= 11 is 12.1. The minimum absolute atomic E-state index is 0.0432. The summed E-state index contributed by atoms with van der Waals surface area (Å²) in [7, 11) is 0. The fraction of sp³-hybridized carbons (Fsp3) is 0.0435. The van der Waals surface area contributed by atoms with Gasteiger partial charge in [0.05, 0.1) is 16.7 Å². The molecular formula is C23H18Cl2FN4O3+. The Morgan fingerprint density at radius 1 is 1.15 bits per heavy atom. The van der Waals surface area contributed by atoms with E-state index < -0.39 is 5.82 Å². The van der Waals surface area contributed by atoms with Crippen LogP contribution in [0.15, 0.2) is 60.7 Å². The first-order valence-corrected chi connectivity index (χ1v) is 10.2. The van der Waals surface area contributed by atoms with E-state index in [2.05, 4.69) is 16.2 Å². The average molecular weight is 488 g/mol. The number of quaternary nitrogens is 1. The maximum atomic E-state index is 15.1. The molecule has 4 aromatic rings. The number of benzene rings is 3. The Morgan fingerprint density at radius 3 is 2.64 bits per heavy atom. The van der Waals surface area contributed by atoms with Crippen LogP contribution < -0.4 is 16.0 Å². The Bertz CT molecular complexity index is 1320. The zero-order chi connectivity index (χ0) is 24.0. The maximum Gasteiger partial charge on any atom is 0.267 e. The standard InChI is InChI=1S/C23H14Cl2FN3O2.H4NO/c24-16-7-13(11-27)8-17(10-16)31-22-18(25)6-5-15(21(22)26)12-28-23(30)20-9-14-3-1-2-4-19(14)29-20;1-2/h1-10,29H,12H2,(H,28,30);2H,1H3/q;+1. The lowest BCUT2D eigenvalue weighted by atomic mass is 10.2. The van der Waals surface area contributed by atoms with E-state index in [-0.39, 0.29) is 45.1 Å². The summed E-state index contributed by atoms with van der Waals surface area (Å²) in [5.41, 5.74) is 1.65. The van der Waals surface area contributed by atoms with Gasteiger partial charge in [-0.25, -0.2) is 15.5 Å². The van der Waals surface area contributed by atoms with Crippen molar-refractivity contribution in [2.45, 2.75) is 6.54 Å². The number of aromatic nitrogens is 1. The second kappa shape index (κ2) is 10.8. The largest absolute Gasteiger partial charge is 0.453 e. The number of carbonyl (C=O) groups is 1. The van der Waals surface area contributed by atoms with Crippen molar-refractivity contribution < 1.29 is 25.0 Å². The fourth-order valence-electron chi connectivity index (χ4n) is 3.07.